The van der Waals surface area contributed by atoms with Gasteiger partial charge in [-0.05, 0) is 18.4 Å². The van der Waals surface area contributed by atoms with Crippen molar-refractivity contribution in [3.05, 3.63) is 33.6 Å². The average Bonchev–Trinajstić information content (AvgIpc) is 3.14. The van der Waals surface area contributed by atoms with E-state index < -0.39 is 0 Å². The molecule has 1 atom stereocenters. The number of aromatic nitrogens is 2. The molecule has 0 spiro atoms. The smallest absolute Gasteiger partial charge is 0.261 e. The van der Waals surface area contributed by atoms with Crippen molar-refractivity contribution in [2.75, 3.05) is 26.8 Å². The largest absolute Gasteiger partial charge is 0.481 e. The average molecular weight is 321 g/mol. The lowest BCUT2D eigenvalue weighted by Gasteiger charge is -2.32. The number of morpholine rings is 1. The van der Waals surface area contributed by atoms with Crippen molar-refractivity contribution in [2.45, 2.75) is 13.0 Å². The first kappa shape index (κ1) is 15.1. The second-order valence-corrected chi connectivity index (χ2v) is 6.20. The first-order chi connectivity index (χ1) is 10.6. The molecule has 22 heavy (non-hydrogen) atoms. The lowest BCUT2D eigenvalue weighted by atomic mass is 10.1. The number of nitrogens with zero attached hydrogens (tertiary/aromatic N) is 3. The van der Waals surface area contributed by atoms with Crippen LogP contribution in [0.25, 0.3) is 0 Å². The first-order valence-corrected chi connectivity index (χ1v) is 8.01. The zero-order chi connectivity index (χ0) is 15.7. The molecule has 0 saturated carbocycles. The van der Waals surface area contributed by atoms with E-state index in [4.69, 9.17) is 9.47 Å². The summed E-state index contributed by atoms with van der Waals surface area (Å²) in [5, 5.41) is 6.30. The van der Waals surface area contributed by atoms with Gasteiger partial charge in [0.15, 0.2) is 0 Å². The summed E-state index contributed by atoms with van der Waals surface area (Å²) in [7, 11) is 3.33. The molecule has 1 fully saturated rings. The molecule has 2 aromatic rings. The summed E-state index contributed by atoms with van der Waals surface area (Å²) >= 11 is 1.65. The van der Waals surface area contributed by atoms with Gasteiger partial charge in [-0.2, -0.15) is 5.10 Å². The van der Waals surface area contributed by atoms with Crippen LogP contribution in [0, 0.1) is 6.92 Å². The monoisotopic (exact) mass is 321 g/mol. The van der Waals surface area contributed by atoms with Crippen LogP contribution in [-0.2, 0) is 11.8 Å². The molecular formula is C15H19N3O3S. The predicted octanol–water partition coefficient (Wildman–Crippen LogP) is 2.01. The second kappa shape index (κ2) is 6.10. The highest BCUT2D eigenvalue weighted by Crippen LogP contribution is 2.29. The van der Waals surface area contributed by atoms with E-state index in [1.54, 1.807) is 30.2 Å². The Hall–Kier alpha value is -1.86. The molecule has 3 heterocycles. The Morgan fingerprint density at radius 3 is 3.05 bits per heavy atom. The van der Waals surface area contributed by atoms with E-state index in [9.17, 15) is 4.79 Å². The number of carbonyl (C=O) groups is 1. The molecule has 6 nitrogen and oxygen atoms in total. The Kier molecular flexibility index (Phi) is 4.17. The quantitative estimate of drug-likeness (QED) is 0.868. The number of hydrogen-bond donors (Lipinski definition) is 0. The van der Waals surface area contributed by atoms with Gasteiger partial charge in [0, 0.05) is 18.5 Å². The SMILES string of the molecule is COc1c(C(=O)N2CCOC(c3cccs3)C2)c(C)nn1C. The van der Waals surface area contributed by atoms with Gasteiger partial charge in [0.25, 0.3) is 5.91 Å². The predicted molar refractivity (Wildman–Crippen MR) is 83.4 cm³/mol. The number of amides is 1. The van der Waals surface area contributed by atoms with E-state index in [1.807, 2.05) is 29.3 Å². The second-order valence-electron chi connectivity index (χ2n) is 5.22. The fraction of sp³-hybridized carbons (Fsp3) is 0.467. The van der Waals surface area contributed by atoms with Crippen molar-refractivity contribution in [3.8, 4) is 5.88 Å². The summed E-state index contributed by atoms with van der Waals surface area (Å²) in [6, 6.07) is 4.04. The number of ether oxygens (including phenoxy) is 2. The van der Waals surface area contributed by atoms with Gasteiger partial charge in [0.1, 0.15) is 11.7 Å². The Bertz CT molecular complexity index is 666. The zero-order valence-corrected chi connectivity index (χ0v) is 13.7. The summed E-state index contributed by atoms with van der Waals surface area (Å²) in [6.45, 7) is 3.50. The minimum Gasteiger partial charge on any atom is -0.481 e. The number of aryl methyl sites for hydroxylation is 2. The third-order valence-electron chi connectivity index (χ3n) is 3.79. The number of thiophene rings is 1. The fourth-order valence-electron chi connectivity index (χ4n) is 2.76. The van der Waals surface area contributed by atoms with Crippen LogP contribution in [0.4, 0.5) is 0 Å². The molecule has 0 radical (unpaired) electrons. The Morgan fingerprint density at radius 1 is 1.55 bits per heavy atom. The molecule has 3 rings (SSSR count). The molecule has 1 aliphatic heterocycles. The Morgan fingerprint density at radius 2 is 2.36 bits per heavy atom. The summed E-state index contributed by atoms with van der Waals surface area (Å²) in [4.78, 5) is 15.8. The van der Waals surface area contributed by atoms with Crippen LogP contribution in [0.1, 0.15) is 27.0 Å². The fourth-order valence-corrected chi connectivity index (χ4v) is 3.52. The maximum atomic E-state index is 12.9. The van der Waals surface area contributed by atoms with E-state index in [-0.39, 0.29) is 12.0 Å². The van der Waals surface area contributed by atoms with Gasteiger partial charge in [-0.25, -0.2) is 4.68 Å². The topological polar surface area (TPSA) is 56.6 Å². The van der Waals surface area contributed by atoms with Crippen LogP contribution in [0.2, 0.25) is 0 Å². The minimum atomic E-state index is -0.0549. The van der Waals surface area contributed by atoms with Crippen LogP contribution in [0.5, 0.6) is 5.88 Å². The first-order valence-electron chi connectivity index (χ1n) is 7.13. The molecule has 0 N–H and O–H groups in total. The highest BCUT2D eigenvalue weighted by molar-refractivity contribution is 7.10. The molecule has 1 unspecified atom stereocenters. The maximum absolute atomic E-state index is 12.9. The highest BCUT2D eigenvalue weighted by atomic mass is 32.1. The molecule has 1 aliphatic rings. The van der Waals surface area contributed by atoms with E-state index in [0.29, 0.717) is 36.8 Å². The third kappa shape index (κ3) is 2.62. The molecule has 7 heteroatoms. The van der Waals surface area contributed by atoms with E-state index in [1.165, 1.54) is 0 Å². The molecule has 118 valence electrons. The Balaban J connectivity index is 1.83. The summed E-state index contributed by atoms with van der Waals surface area (Å²) < 4.78 is 12.7. The molecule has 1 amide bonds. The van der Waals surface area contributed by atoms with Gasteiger partial charge < -0.3 is 14.4 Å². The summed E-state index contributed by atoms with van der Waals surface area (Å²) in [5.74, 6) is 0.453. The van der Waals surface area contributed by atoms with Gasteiger partial charge in [-0.15, -0.1) is 11.3 Å². The zero-order valence-electron chi connectivity index (χ0n) is 12.9. The number of carbonyl (C=O) groups excluding carboxylic acids is 1. The van der Waals surface area contributed by atoms with Gasteiger partial charge >= 0.3 is 0 Å². The van der Waals surface area contributed by atoms with Crippen LogP contribution in [-0.4, -0.2) is 47.4 Å². The third-order valence-corrected chi connectivity index (χ3v) is 4.76. The molecule has 0 bridgehead atoms. The minimum absolute atomic E-state index is 0.0488. The molecule has 0 aliphatic carbocycles. The van der Waals surface area contributed by atoms with Gasteiger partial charge in [-0.3, -0.25) is 4.79 Å². The Labute approximate surface area is 133 Å². The lowest BCUT2D eigenvalue weighted by molar-refractivity contribution is -0.0213. The maximum Gasteiger partial charge on any atom is 0.261 e. The van der Waals surface area contributed by atoms with Gasteiger partial charge in [0.2, 0.25) is 5.88 Å². The van der Waals surface area contributed by atoms with Crippen LogP contribution >= 0.6 is 11.3 Å². The van der Waals surface area contributed by atoms with Crippen molar-refractivity contribution in [3.63, 3.8) is 0 Å². The molecule has 0 aromatic carbocycles. The molecular weight excluding hydrogens is 302 g/mol. The van der Waals surface area contributed by atoms with Crippen LogP contribution < -0.4 is 4.74 Å². The highest BCUT2D eigenvalue weighted by Gasteiger charge is 2.31. The normalized spacial score (nSPS) is 18.5. The molecule has 2 aromatic heterocycles. The molecule has 1 saturated heterocycles. The van der Waals surface area contributed by atoms with Crippen molar-refractivity contribution in [2.24, 2.45) is 7.05 Å². The number of hydrogen-bond acceptors (Lipinski definition) is 5. The standard InChI is InChI=1S/C15H19N3O3S/c1-10-13(15(20-3)17(2)16-10)14(19)18-6-7-21-11(9-18)12-5-4-8-22-12/h4-5,8,11H,6-7,9H2,1-3H3. The number of methoxy groups -OCH3 is 1. The van der Waals surface area contributed by atoms with Crippen molar-refractivity contribution >= 4 is 17.2 Å². The van der Waals surface area contributed by atoms with Crippen LogP contribution in [0.3, 0.4) is 0 Å². The van der Waals surface area contributed by atoms with Gasteiger partial charge in [-0.1, -0.05) is 6.07 Å². The van der Waals surface area contributed by atoms with Crippen molar-refractivity contribution in [1.82, 2.24) is 14.7 Å². The number of rotatable bonds is 3. The van der Waals surface area contributed by atoms with E-state index in [0.717, 1.165) is 4.88 Å². The van der Waals surface area contributed by atoms with E-state index >= 15 is 0 Å². The summed E-state index contributed by atoms with van der Waals surface area (Å²) in [6.07, 6.45) is -0.0549. The van der Waals surface area contributed by atoms with Crippen molar-refractivity contribution < 1.29 is 14.3 Å². The van der Waals surface area contributed by atoms with Crippen molar-refractivity contribution in [1.29, 1.82) is 0 Å². The van der Waals surface area contributed by atoms with E-state index in [2.05, 4.69) is 5.10 Å². The van der Waals surface area contributed by atoms with Gasteiger partial charge in [0.05, 0.1) is 26.0 Å². The van der Waals surface area contributed by atoms with Crippen LogP contribution in [0.15, 0.2) is 17.5 Å². The summed E-state index contributed by atoms with van der Waals surface area (Å²) in [5.41, 5.74) is 1.22. The lowest BCUT2D eigenvalue weighted by Crippen LogP contribution is -2.42.